The van der Waals surface area contributed by atoms with E-state index in [0.29, 0.717) is 24.6 Å². The Bertz CT molecular complexity index is 510. The molecule has 0 spiro atoms. The van der Waals surface area contributed by atoms with Crippen molar-refractivity contribution in [3.63, 3.8) is 0 Å². The average Bonchev–Trinajstić information content (AvgIpc) is 2.94. The number of amidine groups is 1. The van der Waals surface area contributed by atoms with E-state index < -0.39 is 0 Å². The summed E-state index contributed by atoms with van der Waals surface area (Å²) in [4.78, 5) is 19.8. The van der Waals surface area contributed by atoms with Crippen molar-refractivity contribution in [2.75, 3.05) is 25.0 Å². The minimum Gasteiger partial charge on any atom is -0.320 e. The fourth-order valence-electron chi connectivity index (χ4n) is 1.73. The molecule has 0 bridgehead atoms. The van der Waals surface area contributed by atoms with Crippen molar-refractivity contribution < 1.29 is 4.79 Å². The van der Waals surface area contributed by atoms with Gasteiger partial charge in [0.15, 0.2) is 0 Å². The van der Waals surface area contributed by atoms with Crippen LogP contribution >= 0.6 is 11.3 Å². The molecule has 7 heteroatoms. The molecule has 1 aliphatic heterocycles. The molecule has 1 fully saturated rings. The molecule has 0 N–H and O–H groups in total. The van der Waals surface area contributed by atoms with E-state index in [-0.39, 0.29) is 6.03 Å². The molecule has 0 atom stereocenters. The maximum absolute atomic E-state index is 12.1. The van der Waals surface area contributed by atoms with Crippen LogP contribution in [0.4, 0.5) is 9.93 Å². The molecule has 0 saturated carbocycles. The molecule has 1 aromatic rings. The van der Waals surface area contributed by atoms with Gasteiger partial charge in [-0.15, -0.1) is 16.8 Å². The number of urea groups is 1. The number of amides is 2. The molecule has 0 unspecified atom stereocenters. The largest absolute Gasteiger partial charge is 0.332 e. The Balaban J connectivity index is 2.27. The standard InChI is InChI=1S/C12H17N5OS/c1-4-6-10-14-15-11(19-10)17-9(13-7-5-2)8-16(3)12(17)18/h4H,1,5-8H2,2-3H3. The highest BCUT2D eigenvalue weighted by molar-refractivity contribution is 7.15. The van der Waals surface area contributed by atoms with Crippen LogP contribution in [0.3, 0.4) is 0 Å². The predicted octanol–water partition coefficient (Wildman–Crippen LogP) is 1.95. The van der Waals surface area contributed by atoms with Gasteiger partial charge in [-0.25, -0.2) is 9.69 Å². The Morgan fingerprint density at radius 1 is 1.53 bits per heavy atom. The molecule has 1 saturated heterocycles. The van der Waals surface area contributed by atoms with Gasteiger partial charge >= 0.3 is 6.03 Å². The van der Waals surface area contributed by atoms with Crippen LogP contribution in [0.2, 0.25) is 0 Å². The molecule has 0 radical (unpaired) electrons. The van der Waals surface area contributed by atoms with Gasteiger partial charge in [-0.2, -0.15) is 0 Å². The highest BCUT2D eigenvalue weighted by atomic mass is 32.1. The fourth-order valence-corrected chi connectivity index (χ4v) is 2.58. The van der Waals surface area contributed by atoms with Gasteiger partial charge in [-0.1, -0.05) is 24.3 Å². The summed E-state index contributed by atoms with van der Waals surface area (Å²) in [5, 5.41) is 9.57. The molecule has 2 heterocycles. The second-order valence-corrected chi connectivity index (χ2v) is 5.28. The predicted molar refractivity (Wildman–Crippen MR) is 76.9 cm³/mol. The van der Waals surface area contributed by atoms with Crippen molar-refractivity contribution in [3.05, 3.63) is 17.7 Å². The number of rotatable bonds is 5. The second kappa shape index (κ2) is 5.92. The maximum atomic E-state index is 12.1. The SMILES string of the molecule is C=CCc1nnc(N2C(=O)N(C)CC2=NCCC)s1. The van der Waals surface area contributed by atoms with Crippen molar-refractivity contribution >= 4 is 28.3 Å². The zero-order chi connectivity index (χ0) is 13.8. The number of carbonyl (C=O) groups is 1. The van der Waals surface area contributed by atoms with Gasteiger partial charge in [0.05, 0.1) is 6.54 Å². The van der Waals surface area contributed by atoms with E-state index in [1.54, 1.807) is 22.9 Å². The minimum absolute atomic E-state index is 0.101. The van der Waals surface area contributed by atoms with Gasteiger partial charge in [-0.3, -0.25) is 4.99 Å². The van der Waals surface area contributed by atoms with Gasteiger partial charge in [0.2, 0.25) is 5.13 Å². The molecule has 1 aromatic heterocycles. The highest BCUT2D eigenvalue weighted by Crippen LogP contribution is 2.25. The molecule has 2 amide bonds. The summed E-state index contributed by atoms with van der Waals surface area (Å²) >= 11 is 1.40. The highest BCUT2D eigenvalue weighted by Gasteiger charge is 2.35. The summed E-state index contributed by atoms with van der Waals surface area (Å²) in [5.41, 5.74) is 0. The van der Waals surface area contributed by atoms with Crippen molar-refractivity contribution in [1.82, 2.24) is 15.1 Å². The Kier molecular flexibility index (Phi) is 4.26. The van der Waals surface area contributed by atoms with Crippen LogP contribution in [0.25, 0.3) is 0 Å². The third-order valence-corrected chi connectivity index (χ3v) is 3.57. The smallest absolute Gasteiger partial charge is 0.320 e. The van der Waals surface area contributed by atoms with Gasteiger partial charge < -0.3 is 4.90 Å². The van der Waals surface area contributed by atoms with Gasteiger partial charge in [0.25, 0.3) is 0 Å². The Labute approximate surface area is 116 Å². The first-order valence-electron chi connectivity index (χ1n) is 6.19. The van der Waals surface area contributed by atoms with E-state index in [4.69, 9.17) is 0 Å². The Hall–Kier alpha value is -1.76. The maximum Gasteiger partial charge on any atom is 0.332 e. The molecule has 0 aliphatic carbocycles. The van der Waals surface area contributed by atoms with Crippen LogP contribution in [-0.2, 0) is 6.42 Å². The van der Waals surface area contributed by atoms with E-state index in [9.17, 15) is 4.79 Å². The summed E-state index contributed by atoms with van der Waals surface area (Å²) in [6.07, 6.45) is 3.39. The van der Waals surface area contributed by atoms with Crippen molar-refractivity contribution in [2.45, 2.75) is 19.8 Å². The van der Waals surface area contributed by atoms with Crippen LogP contribution < -0.4 is 4.90 Å². The van der Waals surface area contributed by atoms with Crippen LogP contribution in [0, 0.1) is 0 Å². The molecule has 1 aliphatic rings. The summed E-state index contributed by atoms with van der Waals surface area (Å²) in [6, 6.07) is -0.101. The summed E-state index contributed by atoms with van der Waals surface area (Å²) in [6.45, 7) is 6.97. The summed E-state index contributed by atoms with van der Waals surface area (Å²) in [7, 11) is 1.76. The quantitative estimate of drug-likeness (QED) is 0.774. The molecule has 0 aromatic carbocycles. The molecule has 102 valence electrons. The lowest BCUT2D eigenvalue weighted by molar-refractivity contribution is 0.229. The van der Waals surface area contributed by atoms with Crippen LogP contribution in [-0.4, -0.2) is 47.1 Å². The third-order valence-electron chi connectivity index (χ3n) is 2.64. The fraction of sp³-hybridized carbons (Fsp3) is 0.500. The van der Waals surface area contributed by atoms with Crippen LogP contribution in [0.15, 0.2) is 17.6 Å². The monoisotopic (exact) mass is 279 g/mol. The minimum atomic E-state index is -0.101. The lowest BCUT2D eigenvalue weighted by Crippen LogP contribution is -2.31. The lowest BCUT2D eigenvalue weighted by atomic mass is 10.5. The van der Waals surface area contributed by atoms with Gasteiger partial charge in [0.1, 0.15) is 10.8 Å². The van der Waals surface area contributed by atoms with E-state index in [1.165, 1.54) is 11.3 Å². The number of carbonyl (C=O) groups excluding carboxylic acids is 1. The van der Waals surface area contributed by atoms with E-state index in [2.05, 4.69) is 28.7 Å². The normalized spacial score (nSPS) is 17.6. The zero-order valence-corrected chi connectivity index (χ0v) is 12.0. The molecule has 19 heavy (non-hydrogen) atoms. The first kappa shape index (κ1) is 13.7. The molecular weight excluding hydrogens is 262 g/mol. The van der Waals surface area contributed by atoms with Crippen LogP contribution in [0.5, 0.6) is 0 Å². The summed E-state index contributed by atoms with van der Waals surface area (Å²) < 4.78 is 0. The number of nitrogens with zero attached hydrogens (tertiary/aromatic N) is 5. The van der Waals surface area contributed by atoms with Gasteiger partial charge in [-0.05, 0) is 6.42 Å². The Morgan fingerprint density at radius 3 is 3.00 bits per heavy atom. The topological polar surface area (TPSA) is 61.7 Å². The number of hydrogen-bond acceptors (Lipinski definition) is 5. The average molecular weight is 279 g/mol. The van der Waals surface area contributed by atoms with Crippen molar-refractivity contribution in [1.29, 1.82) is 0 Å². The van der Waals surface area contributed by atoms with Crippen LogP contribution in [0.1, 0.15) is 18.4 Å². The number of likely N-dealkylation sites (N-methyl/N-ethyl adjacent to an activating group) is 1. The first-order valence-corrected chi connectivity index (χ1v) is 7.00. The number of allylic oxidation sites excluding steroid dienone is 1. The molecule has 2 rings (SSSR count). The van der Waals surface area contributed by atoms with E-state index in [0.717, 1.165) is 17.3 Å². The Morgan fingerprint density at radius 2 is 2.32 bits per heavy atom. The van der Waals surface area contributed by atoms with Gasteiger partial charge in [0, 0.05) is 20.0 Å². The van der Waals surface area contributed by atoms with Crippen molar-refractivity contribution in [2.24, 2.45) is 4.99 Å². The second-order valence-electron chi connectivity index (χ2n) is 4.24. The third kappa shape index (κ3) is 2.81. The zero-order valence-electron chi connectivity index (χ0n) is 11.2. The first-order chi connectivity index (χ1) is 9.17. The number of hydrogen-bond donors (Lipinski definition) is 0. The lowest BCUT2D eigenvalue weighted by Gasteiger charge is -2.11. The van der Waals surface area contributed by atoms with E-state index >= 15 is 0 Å². The van der Waals surface area contributed by atoms with E-state index in [1.807, 2.05) is 0 Å². The summed E-state index contributed by atoms with van der Waals surface area (Å²) in [5.74, 6) is 0.746. The molecule has 6 nitrogen and oxygen atoms in total. The molecular formula is C12H17N5OS. The van der Waals surface area contributed by atoms with Crippen molar-refractivity contribution in [3.8, 4) is 0 Å². The number of anilines is 1. The number of aromatic nitrogens is 2. The number of aliphatic imine (C=N–C) groups is 1.